The number of halogens is 2. The third-order valence-electron chi connectivity index (χ3n) is 13.3. The Kier molecular flexibility index (Phi) is 18.2. The monoisotopic (exact) mass is 1060 g/mol. The summed E-state index contributed by atoms with van der Waals surface area (Å²) in [5.41, 5.74) is 6.03. The van der Waals surface area contributed by atoms with Crippen LogP contribution in [0.25, 0.3) is 11.1 Å². The molecule has 0 saturated carbocycles. The fourth-order valence-electron chi connectivity index (χ4n) is 9.65. The van der Waals surface area contributed by atoms with Crippen LogP contribution in [0.4, 0.5) is 41.8 Å². The van der Waals surface area contributed by atoms with Gasteiger partial charge in [0.1, 0.15) is 5.69 Å². The van der Waals surface area contributed by atoms with Crippen LogP contribution in [0.5, 0.6) is 0 Å². The number of benzene rings is 2. The van der Waals surface area contributed by atoms with Crippen molar-refractivity contribution in [2.24, 2.45) is 7.05 Å². The van der Waals surface area contributed by atoms with Gasteiger partial charge in [-0.2, -0.15) is 10.2 Å². The molecule has 402 valence electrons. The predicted octanol–water partition coefficient (Wildman–Crippen LogP) is 6.01. The summed E-state index contributed by atoms with van der Waals surface area (Å²) in [6, 6.07) is 8.37. The number of fused-ring (bicyclic) bond motifs is 2. The zero-order valence-corrected chi connectivity index (χ0v) is 43.3. The summed E-state index contributed by atoms with van der Waals surface area (Å²) in [4.78, 5) is 71.1. The van der Waals surface area contributed by atoms with Gasteiger partial charge in [0.25, 0.3) is 12.3 Å². The summed E-state index contributed by atoms with van der Waals surface area (Å²) in [5, 5.41) is 31.9. The molecule has 3 aliphatic heterocycles. The number of likely N-dealkylation sites (tertiary alicyclic amines) is 1. The molecule has 0 unspecified atom stereocenters. The highest BCUT2D eigenvalue weighted by atomic mass is 32.1. The van der Waals surface area contributed by atoms with E-state index in [1.54, 1.807) is 49.2 Å². The van der Waals surface area contributed by atoms with E-state index in [2.05, 4.69) is 45.8 Å². The zero-order chi connectivity index (χ0) is 53.2. The number of aryl methyl sites for hydroxylation is 3. The third-order valence-corrected chi connectivity index (χ3v) is 14.3. The number of amides is 4. The first-order chi connectivity index (χ1) is 36.1. The summed E-state index contributed by atoms with van der Waals surface area (Å²) in [6.07, 6.45) is 4.43. The number of piperidine rings is 1. The number of nitrogens with one attached hydrogen (secondary N) is 4. The van der Waals surface area contributed by atoms with Crippen LogP contribution >= 0.6 is 11.3 Å². The summed E-state index contributed by atoms with van der Waals surface area (Å²) in [7, 11) is 1.77. The van der Waals surface area contributed by atoms with E-state index in [0.717, 1.165) is 59.5 Å². The maximum atomic E-state index is 14.7. The maximum absolute atomic E-state index is 14.7. The highest BCUT2D eigenvalue weighted by molar-refractivity contribution is 7.19. The molecule has 0 bridgehead atoms. The van der Waals surface area contributed by atoms with Crippen molar-refractivity contribution in [1.29, 1.82) is 0 Å². The molecule has 4 amide bonds. The van der Waals surface area contributed by atoms with Gasteiger partial charge in [0.05, 0.1) is 81.1 Å². The lowest BCUT2D eigenvalue weighted by Crippen LogP contribution is -2.43. The van der Waals surface area contributed by atoms with E-state index in [-0.39, 0.29) is 62.9 Å². The normalized spacial score (nSPS) is 14.9. The number of hydrogen-bond donors (Lipinski definition) is 4. The average molecular weight is 1060 g/mol. The Morgan fingerprint density at radius 2 is 1.67 bits per heavy atom. The second-order valence-electron chi connectivity index (χ2n) is 18.6. The van der Waals surface area contributed by atoms with Gasteiger partial charge < -0.3 is 40.0 Å². The molecule has 1 fully saturated rings. The van der Waals surface area contributed by atoms with E-state index in [4.69, 9.17) is 19.3 Å². The molecule has 1 saturated heterocycles. The zero-order valence-electron chi connectivity index (χ0n) is 42.5. The molecule has 4 N–H and O–H groups in total. The number of nitro groups is 1. The molecule has 5 aromatic rings. The van der Waals surface area contributed by atoms with E-state index in [1.807, 2.05) is 11.0 Å². The van der Waals surface area contributed by atoms with Gasteiger partial charge in [-0.25, -0.2) is 13.8 Å². The number of thiazole rings is 1. The minimum atomic E-state index is -2.69. The number of carbonyl (C=O) groups excluding carboxylic acids is 4. The Balaban J connectivity index is 0.722. The van der Waals surface area contributed by atoms with Crippen molar-refractivity contribution in [3.05, 3.63) is 86.5 Å². The molecule has 0 spiro atoms. The van der Waals surface area contributed by atoms with Crippen LogP contribution in [0.2, 0.25) is 0 Å². The van der Waals surface area contributed by atoms with Gasteiger partial charge in [0, 0.05) is 107 Å². The fourth-order valence-corrected chi connectivity index (χ4v) is 10.4. The number of anilines is 5. The molecule has 0 atom stereocenters. The Morgan fingerprint density at radius 1 is 0.933 bits per heavy atom. The van der Waals surface area contributed by atoms with E-state index >= 15 is 0 Å². The summed E-state index contributed by atoms with van der Waals surface area (Å²) in [6.45, 7) is 10.5. The smallest absolute Gasteiger partial charge is 0.348 e. The molecule has 22 nitrogen and oxygen atoms in total. The number of alkyl halides is 2. The molecule has 2 aromatic carbocycles. The molecule has 3 aliphatic rings. The van der Waals surface area contributed by atoms with E-state index in [9.17, 15) is 38.1 Å². The minimum absolute atomic E-state index is 0.0206. The van der Waals surface area contributed by atoms with Gasteiger partial charge in [-0.15, -0.1) is 0 Å². The highest BCUT2D eigenvalue weighted by Gasteiger charge is 2.35. The van der Waals surface area contributed by atoms with Crippen LogP contribution in [-0.2, 0) is 55.0 Å². The molecular formula is C50H63F2N13O9S. The molecule has 6 heterocycles. The van der Waals surface area contributed by atoms with E-state index in [1.165, 1.54) is 19.9 Å². The van der Waals surface area contributed by atoms with Crippen LogP contribution < -0.4 is 26.2 Å². The van der Waals surface area contributed by atoms with Gasteiger partial charge >= 0.3 is 5.00 Å². The number of ether oxygens (including phenoxy) is 3. The van der Waals surface area contributed by atoms with Crippen molar-refractivity contribution in [1.82, 2.24) is 39.7 Å². The lowest BCUT2D eigenvalue weighted by molar-refractivity contribution is -0.380. The lowest BCUT2D eigenvalue weighted by Gasteiger charge is -2.33. The van der Waals surface area contributed by atoms with Crippen molar-refractivity contribution in [2.75, 3.05) is 106 Å². The van der Waals surface area contributed by atoms with Gasteiger partial charge in [-0.05, 0) is 85.4 Å². The Morgan fingerprint density at radius 3 is 2.33 bits per heavy atom. The summed E-state index contributed by atoms with van der Waals surface area (Å²) < 4.78 is 50.1. The minimum Gasteiger partial charge on any atom is -0.383 e. The van der Waals surface area contributed by atoms with E-state index < -0.39 is 17.3 Å². The largest absolute Gasteiger partial charge is 0.383 e. The van der Waals surface area contributed by atoms with Crippen LogP contribution in [0, 0.1) is 17.0 Å². The lowest BCUT2D eigenvalue weighted by atomic mass is 9.92. The van der Waals surface area contributed by atoms with Crippen LogP contribution in [-0.4, -0.2) is 148 Å². The average Bonchev–Trinajstić information content (AvgIpc) is 4.11. The summed E-state index contributed by atoms with van der Waals surface area (Å²) >= 11 is 0.746. The van der Waals surface area contributed by atoms with Gasteiger partial charge in [-0.3, -0.25) is 48.9 Å². The number of aromatic nitrogens is 5. The molecule has 0 aliphatic carbocycles. The van der Waals surface area contributed by atoms with Crippen molar-refractivity contribution < 1.29 is 47.1 Å². The molecule has 0 radical (unpaired) electrons. The van der Waals surface area contributed by atoms with Crippen molar-refractivity contribution in [2.45, 2.75) is 71.9 Å². The van der Waals surface area contributed by atoms with E-state index in [0.29, 0.717) is 115 Å². The quantitative estimate of drug-likeness (QED) is 0.0333. The SMILES string of the molecule is CC(=O)Nc1cc(NCCOCCOCCOCCNC(=O)CN2CCC(n3nc(N4CCCc5cc(-c6cnn(C)c6)c(C(F)F)cc54)c4c3CCN(C(C)=O)C4)CC2)ccc1C(=O)Nc1nc(C)c([N+](=O)[O-])s1. The van der Waals surface area contributed by atoms with Crippen LogP contribution in [0.3, 0.4) is 0 Å². The second kappa shape index (κ2) is 25.1. The predicted molar refractivity (Wildman–Crippen MR) is 277 cm³/mol. The van der Waals surface area contributed by atoms with Crippen molar-refractivity contribution >= 4 is 68.0 Å². The second-order valence-corrected chi connectivity index (χ2v) is 19.6. The molecule has 75 heavy (non-hydrogen) atoms. The molecule has 25 heteroatoms. The molecular weight excluding hydrogens is 997 g/mol. The molecule has 8 rings (SSSR count). The number of rotatable bonds is 23. The first kappa shape index (κ1) is 54.3. The standard InChI is InChI=1S/C50H63F2N13O9S/c1-31-49(65(70)71)75-50(56-31)58-48(69)38-8-7-36(25-42(38)57-32(2)66)53-12-18-72-20-22-74-23-21-73-19-13-54-45(68)30-61-15-9-37(10-16-61)64-43-11-17-62(33(3)67)29-41(43)47(59-64)63-14-5-6-34-24-39(35-27-55-60(4)28-35)40(46(51)52)26-44(34)63/h7-8,24-28,37,46,53H,5-6,9-23,29-30H2,1-4H3,(H,54,68)(H,57,66)(H,56,58,69). The highest BCUT2D eigenvalue weighted by Crippen LogP contribution is 2.44. The van der Waals surface area contributed by atoms with Crippen LogP contribution in [0.15, 0.2) is 42.7 Å². The van der Waals surface area contributed by atoms with Gasteiger partial charge in [-0.1, -0.05) is 0 Å². The number of nitrogens with zero attached hydrogens (tertiary/aromatic N) is 9. The number of carbonyl (C=O) groups is 4. The number of hydrogen-bond acceptors (Lipinski definition) is 16. The maximum Gasteiger partial charge on any atom is 0.348 e. The Hall–Kier alpha value is -6.93. The third kappa shape index (κ3) is 13.7. The first-order valence-electron chi connectivity index (χ1n) is 25.0. The van der Waals surface area contributed by atoms with Crippen molar-refractivity contribution in [3.63, 3.8) is 0 Å². The first-order valence-corrected chi connectivity index (χ1v) is 25.8. The Bertz CT molecular complexity index is 2870. The van der Waals surface area contributed by atoms with Gasteiger partial charge in [0.15, 0.2) is 10.9 Å². The molecule has 3 aromatic heterocycles. The fraction of sp³-hybridized carbons (Fsp3) is 0.500. The van der Waals surface area contributed by atoms with Gasteiger partial charge in [0.2, 0.25) is 17.7 Å². The Labute approximate surface area is 436 Å². The van der Waals surface area contributed by atoms with Crippen molar-refractivity contribution in [3.8, 4) is 11.1 Å². The topological polar surface area (TPSA) is 245 Å². The summed E-state index contributed by atoms with van der Waals surface area (Å²) in [5.74, 6) is -0.360. The van der Waals surface area contributed by atoms with Crippen LogP contribution in [0.1, 0.15) is 84.0 Å².